The second-order valence-corrected chi connectivity index (χ2v) is 7.96. The highest BCUT2D eigenvalue weighted by molar-refractivity contribution is 5.74. The zero-order chi connectivity index (χ0) is 18.7. The van der Waals surface area contributed by atoms with Gasteiger partial charge in [0.1, 0.15) is 0 Å². The number of aliphatic hydroxyl groups excluding tert-OH is 2. The van der Waals surface area contributed by atoms with Gasteiger partial charge in [0.2, 0.25) is 5.91 Å². The molecule has 0 aromatic rings. The van der Waals surface area contributed by atoms with E-state index in [0.29, 0.717) is 6.54 Å². The molecule has 148 valence electrons. The van der Waals surface area contributed by atoms with Gasteiger partial charge in [-0.3, -0.25) is 4.79 Å². The molecular weight excluding hydrogens is 314 g/mol. The molecule has 0 unspecified atom stereocenters. The van der Waals surface area contributed by atoms with Crippen molar-refractivity contribution in [2.24, 2.45) is 5.92 Å². The predicted octanol–water partition coefficient (Wildman–Crippen LogP) is 4.28. The number of carbonyl (C=O) groups is 1. The number of unbranched alkanes of at least 4 members (excludes halogenated alkanes) is 10. The average Bonchev–Trinajstić information content (AvgIpc) is 2.88. The highest BCUT2D eigenvalue weighted by atomic mass is 16.3. The molecule has 0 saturated carbocycles. The normalized spacial score (nSPS) is 24.7. The minimum Gasteiger partial charge on any atom is -0.393 e. The standard InChI is InChI=1S/C21H41NO3/c1-4-5-6-7-8-9-10-11-12-13-14-15-20(24)19-16-22(18(3)23)17(2)21(19)25/h17,19-21,24-25H,4-16H2,1-3H3/t17-,19+,20+,21-/m1/s1. The van der Waals surface area contributed by atoms with Crippen LogP contribution in [0.15, 0.2) is 0 Å². The fourth-order valence-electron chi connectivity index (χ4n) is 4.04. The lowest BCUT2D eigenvalue weighted by Crippen LogP contribution is -2.36. The third kappa shape index (κ3) is 8.08. The number of hydrogen-bond acceptors (Lipinski definition) is 3. The molecule has 0 bridgehead atoms. The van der Waals surface area contributed by atoms with E-state index in [4.69, 9.17) is 0 Å². The first kappa shape index (κ1) is 22.4. The van der Waals surface area contributed by atoms with Crippen molar-refractivity contribution in [1.82, 2.24) is 4.90 Å². The van der Waals surface area contributed by atoms with E-state index in [0.717, 1.165) is 19.3 Å². The number of rotatable bonds is 13. The Balaban J connectivity index is 2.04. The summed E-state index contributed by atoms with van der Waals surface area (Å²) in [4.78, 5) is 13.2. The van der Waals surface area contributed by atoms with Gasteiger partial charge in [-0.2, -0.15) is 0 Å². The second-order valence-electron chi connectivity index (χ2n) is 7.96. The van der Waals surface area contributed by atoms with Crippen LogP contribution in [-0.2, 0) is 4.79 Å². The summed E-state index contributed by atoms with van der Waals surface area (Å²) in [6, 6.07) is -0.186. The van der Waals surface area contributed by atoms with Crippen LogP contribution in [0.5, 0.6) is 0 Å². The van der Waals surface area contributed by atoms with Crippen molar-refractivity contribution in [1.29, 1.82) is 0 Å². The van der Waals surface area contributed by atoms with E-state index in [1.807, 2.05) is 6.92 Å². The highest BCUT2D eigenvalue weighted by Gasteiger charge is 2.42. The fourth-order valence-corrected chi connectivity index (χ4v) is 4.04. The Bertz CT molecular complexity index is 361. The second kappa shape index (κ2) is 12.7. The minimum absolute atomic E-state index is 0.0176. The molecule has 0 aromatic carbocycles. The molecule has 1 rings (SSSR count). The number of hydrogen-bond donors (Lipinski definition) is 2. The topological polar surface area (TPSA) is 60.8 Å². The van der Waals surface area contributed by atoms with Crippen LogP contribution < -0.4 is 0 Å². The quantitative estimate of drug-likeness (QED) is 0.485. The summed E-state index contributed by atoms with van der Waals surface area (Å²) in [5.41, 5.74) is 0. The lowest BCUT2D eigenvalue weighted by molar-refractivity contribution is -0.130. The lowest BCUT2D eigenvalue weighted by atomic mass is 9.92. The van der Waals surface area contributed by atoms with E-state index >= 15 is 0 Å². The van der Waals surface area contributed by atoms with Crippen LogP contribution in [0.3, 0.4) is 0 Å². The number of carbonyl (C=O) groups excluding carboxylic acids is 1. The monoisotopic (exact) mass is 355 g/mol. The van der Waals surface area contributed by atoms with Gasteiger partial charge in [-0.1, -0.05) is 77.6 Å². The number of nitrogens with zero attached hydrogens (tertiary/aromatic N) is 1. The number of aliphatic hydroxyl groups is 2. The van der Waals surface area contributed by atoms with Crippen LogP contribution in [0.4, 0.5) is 0 Å². The summed E-state index contributed by atoms with van der Waals surface area (Å²) in [5.74, 6) is -0.210. The smallest absolute Gasteiger partial charge is 0.219 e. The van der Waals surface area contributed by atoms with E-state index in [9.17, 15) is 15.0 Å². The number of amides is 1. The van der Waals surface area contributed by atoms with Crippen molar-refractivity contribution < 1.29 is 15.0 Å². The van der Waals surface area contributed by atoms with Gasteiger partial charge in [0.15, 0.2) is 0 Å². The summed E-state index contributed by atoms with van der Waals surface area (Å²) >= 11 is 0. The molecule has 25 heavy (non-hydrogen) atoms. The van der Waals surface area contributed by atoms with Crippen molar-refractivity contribution in [2.75, 3.05) is 6.54 Å². The van der Waals surface area contributed by atoms with E-state index in [2.05, 4.69) is 6.92 Å². The Labute approximate surface area is 155 Å². The molecule has 0 spiro atoms. The zero-order valence-corrected chi connectivity index (χ0v) is 16.8. The third-order valence-corrected chi connectivity index (χ3v) is 5.83. The van der Waals surface area contributed by atoms with Crippen LogP contribution >= 0.6 is 0 Å². The van der Waals surface area contributed by atoms with Crippen LogP contribution in [0, 0.1) is 5.92 Å². The lowest BCUT2D eigenvalue weighted by Gasteiger charge is -2.21. The van der Waals surface area contributed by atoms with Gasteiger partial charge in [-0.05, 0) is 13.3 Å². The van der Waals surface area contributed by atoms with Crippen LogP contribution in [0.25, 0.3) is 0 Å². The Kier molecular flexibility index (Phi) is 11.4. The summed E-state index contributed by atoms with van der Waals surface area (Å²) in [5, 5.41) is 20.7. The van der Waals surface area contributed by atoms with Gasteiger partial charge in [-0.25, -0.2) is 0 Å². The van der Waals surface area contributed by atoms with Crippen LogP contribution in [0.1, 0.15) is 97.8 Å². The van der Waals surface area contributed by atoms with Crippen molar-refractivity contribution in [2.45, 2.75) is 116 Å². The van der Waals surface area contributed by atoms with Gasteiger partial charge < -0.3 is 15.1 Å². The fraction of sp³-hybridized carbons (Fsp3) is 0.952. The Morgan fingerprint density at radius 2 is 1.48 bits per heavy atom. The summed E-state index contributed by atoms with van der Waals surface area (Å²) < 4.78 is 0. The summed E-state index contributed by atoms with van der Waals surface area (Å²) in [7, 11) is 0. The predicted molar refractivity (Wildman–Crippen MR) is 103 cm³/mol. The van der Waals surface area contributed by atoms with Gasteiger partial charge >= 0.3 is 0 Å². The van der Waals surface area contributed by atoms with Crippen LogP contribution in [0.2, 0.25) is 0 Å². The maximum absolute atomic E-state index is 11.6. The summed E-state index contributed by atoms with van der Waals surface area (Å²) in [6.07, 6.45) is 13.9. The zero-order valence-electron chi connectivity index (χ0n) is 16.8. The molecular formula is C21H41NO3. The van der Waals surface area contributed by atoms with Crippen LogP contribution in [-0.4, -0.2) is 45.8 Å². The minimum atomic E-state index is -0.605. The Hall–Kier alpha value is -0.610. The van der Waals surface area contributed by atoms with E-state index in [1.54, 1.807) is 4.90 Å². The molecule has 1 amide bonds. The molecule has 4 nitrogen and oxygen atoms in total. The van der Waals surface area contributed by atoms with Gasteiger partial charge in [-0.15, -0.1) is 0 Å². The first-order valence-electron chi connectivity index (χ1n) is 10.6. The molecule has 1 aliphatic rings. The van der Waals surface area contributed by atoms with Crippen molar-refractivity contribution in [3.63, 3.8) is 0 Å². The van der Waals surface area contributed by atoms with Crippen molar-refractivity contribution >= 4 is 5.91 Å². The number of likely N-dealkylation sites (tertiary alicyclic amines) is 1. The first-order valence-corrected chi connectivity index (χ1v) is 10.6. The molecule has 1 heterocycles. The maximum Gasteiger partial charge on any atom is 0.219 e. The van der Waals surface area contributed by atoms with Gasteiger partial charge in [0.05, 0.1) is 18.2 Å². The highest BCUT2D eigenvalue weighted by Crippen LogP contribution is 2.28. The van der Waals surface area contributed by atoms with Gasteiger partial charge in [0.25, 0.3) is 0 Å². The SMILES string of the molecule is CCCCCCCCCCCCC[C@H](O)[C@@H]1CN(C(C)=O)[C@H](C)[C@H]1O. The molecule has 1 saturated heterocycles. The largest absolute Gasteiger partial charge is 0.393 e. The molecule has 4 heteroatoms. The van der Waals surface area contributed by atoms with Crippen molar-refractivity contribution in [3.05, 3.63) is 0 Å². The average molecular weight is 356 g/mol. The van der Waals surface area contributed by atoms with E-state index in [1.165, 1.54) is 64.7 Å². The molecule has 2 N–H and O–H groups in total. The molecule has 0 aromatic heterocycles. The molecule has 1 fully saturated rings. The Morgan fingerprint density at radius 1 is 1.00 bits per heavy atom. The van der Waals surface area contributed by atoms with E-state index in [-0.39, 0.29) is 17.9 Å². The molecule has 0 aliphatic carbocycles. The third-order valence-electron chi connectivity index (χ3n) is 5.83. The molecule has 4 atom stereocenters. The molecule has 1 aliphatic heterocycles. The van der Waals surface area contributed by atoms with E-state index < -0.39 is 12.2 Å². The first-order chi connectivity index (χ1) is 12.0. The Morgan fingerprint density at radius 3 is 1.92 bits per heavy atom. The van der Waals surface area contributed by atoms with Gasteiger partial charge in [0, 0.05) is 19.4 Å². The van der Waals surface area contributed by atoms with Crippen molar-refractivity contribution in [3.8, 4) is 0 Å². The maximum atomic E-state index is 11.6. The molecule has 0 radical (unpaired) electrons. The summed E-state index contributed by atoms with van der Waals surface area (Å²) in [6.45, 7) is 6.13.